The molecular weight excluding hydrogens is 168 g/mol. The Hall–Kier alpha value is -1.12. The Morgan fingerprint density at radius 3 is 2.46 bits per heavy atom. The molecule has 0 aromatic heterocycles. The number of carbonyl (C=O) groups excluding carboxylic acids is 2. The zero-order valence-electron chi connectivity index (χ0n) is 8.37. The molecule has 0 rings (SSSR count). The second kappa shape index (κ2) is 6.40. The van der Waals surface area contributed by atoms with Crippen LogP contribution in [0, 0.1) is 5.92 Å². The van der Waals surface area contributed by atoms with E-state index < -0.39 is 11.9 Å². The van der Waals surface area contributed by atoms with Crippen molar-refractivity contribution in [2.75, 3.05) is 0 Å². The largest absolute Gasteiger partial charge is 0.390 e. The molecule has 0 unspecified atom stereocenters. The first-order valence-corrected chi connectivity index (χ1v) is 4.43. The van der Waals surface area contributed by atoms with Gasteiger partial charge in [0.05, 0.1) is 0 Å². The Labute approximate surface area is 78.8 Å². The van der Waals surface area contributed by atoms with E-state index in [1.54, 1.807) is 6.92 Å². The Morgan fingerprint density at radius 1 is 1.38 bits per heavy atom. The molecule has 0 aromatic rings. The third-order valence-corrected chi connectivity index (χ3v) is 1.44. The molecule has 0 saturated carbocycles. The van der Waals surface area contributed by atoms with E-state index in [-0.39, 0.29) is 0 Å². The van der Waals surface area contributed by atoms with Gasteiger partial charge in [0.15, 0.2) is 0 Å². The van der Waals surface area contributed by atoms with Crippen LogP contribution in [-0.4, -0.2) is 11.9 Å². The predicted octanol–water partition coefficient (Wildman–Crippen LogP) is 2.07. The monoisotopic (exact) mass is 184 g/mol. The van der Waals surface area contributed by atoms with E-state index in [1.165, 1.54) is 12.2 Å². The Bertz CT molecular complexity index is 204. The first kappa shape index (κ1) is 11.9. The fourth-order valence-corrected chi connectivity index (χ4v) is 0.740. The van der Waals surface area contributed by atoms with Crippen molar-refractivity contribution in [1.29, 1.82) is 0 Å². The van der Waals surface area contributed by atoms with Gasteiger partial charge in [-0.05, 0) is 19.3 Å². The van der Waals surface area contributed by atoms with Crippen LogP contribution in [0.4, 0.5) is 0 Å². The summed E-state index contributed by atoms with van der Waals surface area (Å²) in [6, 6.07) is 0. The minimum atomic E-state index is -0.587. The lowest BCUT2D eigenvalue weighted by Crippen LogP contribution is -2.10. The van der Waals surface area contributed by atoms with Crippen LogP contribution < -0.4 is 0 Å². The van der Waals surface area contributed by atoms with Gasteiger partial charge in [-0.15, -0.1) is 0 Å². The maximum atomic E-state index is 11.0. The van der Waals surface area contributed by atoms with Gasteiger partial charge in [0.25, 0.3) is 0 Å². The number of ether oxygens (including phenoxy) is 1. The van der Waals surface area contributed by atoms with E-state index >= 15 is 0 Å². The maximum absolute atomic E-state index is 11.0. The van der Waals surface area contributed by atoms with Crippen LogP contribution in [0.15, 0.2) is 12.2 Å². The first-order valence-electron chi connectivity index (χ1n) is 4.43. The summed E-state index contributed by atoms with van der Waals surface area (Å²) in [5.41, 5.74) is 0. The number of esters is 2. The summed E-state index contributed by atoms with van der Waals surface area (Å²) in [4.78, 5) is 21.7. The molecule has 0 aliphatic carbocycles. The van der Waals surface area contributed by atoms with Gasteiger partial charge in [0.2, 0.25) is 0 Å². The van der Waals surface area contributed by atoms with Gasteiger partial charge in [0, 0.05) is 12.5 Å². The zero-order valence-corrected chi connectivity index (χ0v) is 8.37. The highest BCUT2D eigenvalue weighted by molar-refractivity contribution is 5.91. The van der Waals surface area contributed by atoms with Crippen LogP contribution in [0.5, 0.6) is 0 Å². The molecule has 0 fully saturated rings. The molecule has 0 bridgehead atoms. The molecule has 0 aliphatic rings. The SMILES string of the molecule is C/C=C/C(=O)OC(=O)CCC(C)C. The van der Waals surface area contributed by atoms with Crippen molar-refractivity contribution in [2.24, 2.45) is 5.92 Å². The van der Waals surface area contributed by atoms with Crippen molar-refractivity contribution in [3.63, 3.8) is 0 Å². The average Bonchev–Trinajstić information content (AvgIpc) is 2.01. The van der Waals surface area contributed by atoms with E-state index in [1.807, 2.05) is 13.8 Å². The molecule has 13 heavy (non-hydrogen) atoms. The van der Waals surface area contributed by atoms with E-state index in [2.05, 4.69) is 4.74 Å². The molecule has 3 heteroatoms. The molecule has 0 aromatic carbocycles. The van der Waals surface area contributed by atoms with Crippen molar-refractivity contribution < 1.29 is 14.3 Å². The Kier molecular flexibility index (Phi) is 5.85. The standard InChI is InChI=1S/C10H16O3/c1-4-5-9(11)13-10(12)7-6-8(2)3/h4-5,8H,6-7H2,1-3H3/b5-4+. The lowest BCUT2D eigenvalue weighted by molar-refractivity contribution is -0.156. The van der Waals surface area contributed by atoms with Gasteiger partial charge < -0.3 is 4.74 Å². The molecule has 0 radical (unpaired) electrons. The molecule has 0 heterocycles. The second-order valence-electron chi connectivity index (χ2n) is 3.23. The van der Waals surface area contributed by atoms with Gasteiger partial charge in [-0.2, -0.15) is 0 Å². The second-order valence-corrected chi connectivity index (χ2v) is 3.23. The van der Waals surface area contributed by atoms with Crippen LogP contribution in [-0.2, 0) is 14.3 Å². The number of hydrogen-bond donors (Lipinski definition) is 0. The van der Waals surface area contributed by atoms with Crippen molar-refractivity contribution in [1.82, 2.24) is 0 Å². The fourth-order valence-electron chi connectivity index (χ4n) is 0.740. The highest BCUT2D eigenvalue weighted by Crippen LogP contribution is 2.04. The summed E-state index contributed by atoms with van der Waals surface area (Å²) in [7, 11) is 0. The smallest absolute Gasteiger partial charge is 0.338 e. The number of hydrogen-bond acceptors (Lipinski definition) is 3. The van der Waals surface area contributed by atoms with Crippen molar-refractivity contribution >= 4 is 11.9 Å². The summed E-state index contributed by atoms with van der Waals surface area (Å²) in [6.45, 7) is 5.72. The molecular formula is C10H16O3. The van der Waals surface area contributed by atoms with E-state index in [0.29, 0.717) is 12.3 Å². The lowest BCUT2D eigenvalue weighted by atomic mass is 10.1. The molecule has 0 amide bonds. The summed E-state index contributed by atoms with van der Waals surface area (Å²) in [5, 5.41) is 0. The highest BCUT2D eigenvalue weighted by atomic mass is 16.6. The normalized spacial score (nSPS) is 10.8. The number of carbonyl (C=O) groups is 2. The number of allylic oxidation sites excluding steroid dienone is 1. The molecule has 0 spiro atoms. The van der Waals surface area contributed by atoms with E-state index in [0.717, 1.165) is 6.42 Å². The van der Waals surface area contributed by atoms with Gasteiger partial charge in [-0.3, -0.25) is 4.79 Å². The van der Waals surface area contributed by atoms with Gasteiger partial charge in [-0.25, -0.2) is 4.79 Å². The van der Waals surface area contributed by atoms with Gasteiger partial charge >= 0.3 is 11.9 Å². The molecule has 3 nitrogen and oxygen atoms in total. The molecule has 0 N–H and O–H groups in total. The molecule has 0 saturated heterocycles. The average molecular weight is 184 g/mol. The third kappa shape index (κ3) is 7.25. The van der Waals surface area contributed by atoms with Crippen LogP contribution in [0.1, 0.15) is 33.6 Å². The summed E-state index contributed by atoms with van der Waals surface area (Å²) in [6.07, 6.45) is 3.83. The molecule has 74 valence electrons. The van der Waals surface area contributed by atoms with Crippen molar-refractivity contribution in [3.05, 3.63) is 12.2 Å². The molecule has 0 aliphatic heterocycles. The summed E-state index contributed by atoms with van der Waals surface area (Å²) < 4.78 is 4.48. The lowest BCUT2D eigenvalue weighted by Gasteiger charge is -2.02. The van der Waals surface area contributed by atoms with Gasteiger partial charge in [-0.1, -0.05) is 19.9 Å². The third-order valence-electron chi connectivity index (χ3n) is 1.44. The van der Waals surface area contributed by atoms with Crippen molar-refractivity contribution in [2.45, 2.75) is 33.6 Å². The minimum absolute atomic E-state index is 0.307. The Morgan fingerprint density at radius 2 is 2.00 bits per heavy atom. The topological polar surface area (TPSA) is 43.4 Å². The minimum Gasteiger partial charge on any atom is -0.390 e. The first-order chi connectivity index (χ1) is 6.06. The predicted molar refractivity (Wildman–Crippen MR) is 50.0 cm³/mol. The van der Waals surface area contributed by atoms with E-state index in [4.69, 9.17) is 0 Å². The maximum Gasteiger partial charge on any atom is 0.338 e. The zero-order chi connectivity index (χ0) is 10.3. The van der Waals surface area contributed by atoms with Crippen LogP contribution >= 0.6 is 0 Å². The summed E-state index contributed by atoms with van der Waals surface area (Å²) in [5.74, 6) is -0.586. The number of rotatable bonds is 4. The fraction of sp³-hybridized carbons (Fsp3) is 0.600. The highest BCUT2D eigenvalue weighted by Gasteiger charge is 2.07. The quantitative estimate of drug-likeness (QED) is 0.381. The van der Waals surface area contributed by atoms with E-state index in [9.17, 15) is 9.59 Å². The summed E-state index contributed by atoms with van der Waals surface area (Å²) >= 11 is 0. The van der Waals surface area contributed by atoms with Crippen LogP contribution in [0.25, 0.3) is 0 Å². The van der Waals surface area contributed by atoms with Crippen molar-refractivity contribution in [3.8, 4) is 0 Å². The van der Waals surface area contributed by atoms with Gasteiger partial charge in [0.1, 0.15) is 0 Å². The van der Waals surface area contributed by atoms with Crippen LogP contribution in [0.3, 0.4) is 0 Å². The molecule has 0 atom stereocenters. The van der Waals surface area contributed by atoms with Crippen LogP contribution in [0.2, 0.25) is 0 Å². The Balaban J connectivity index is 3.68.